The Bertz CT molecular complexity index is 249. The molecule has 1 heterocycles. The Morgan fingerprint density at radius 3 is 2.65 bits per heavy atom. The Balaban J connectivity index is 1.95. The molecule has 2 heteroatoms. The second-order valence-electron chi connectivity index (χ2n) is 6.87. The standard InChI is InChI=1S/C15H30N2/c1-12(16-4)15(2,3)11-17-10-9-13-7-5-6-8-14(13)17/h12-14,16H,5-11H2,1-4H3. The summed E-state index contributed by atoms with van der Waals surface area (Å²) < 4.78 is 0. The second kappa shape index (κ2) is 5.27. The molecule has 2 nitrogen and oxygen atoms in total. The number of nitrogens with one attached hydrogen (secondary N) is 1. The Morgan fingerprint density at radius 2 is 1.94 bits per heavy atom. The lowest BCUT2D eigenvalue weighted by molar-refractivity contribution is 0.109. The molecule has 0 spiro atoms. The summed E-state index contributed by atoms with van der Waals surface area (Å²) in [6.07, 6.45) is 7.33. The predicted molar refractivity (Wildman–Crippen MR) is 74.2 cm³/mol. The molecule has 1 saturated carbocycles. The number of likely N-dealkylation sites (tertiary alicyclic amines) is 1. The molecule has 0 aromatic rings. The maximum Gasteiger partial charge on any atom is 0.0124 e. The molecule has 0 bridgehead atoms. The first-order chi connectivity index (χ1) is 8.04. The average molecular weight is 238 g/mol. The van der Waals surface area contributed by atoms with Gasteiger partial charge in [-0.25, -0.2) is 0 Å². The monoisotopic (exact) mass is 238 g/mol. The van der Waals surface area contributed by atoms with Crippen molar-refractivity contribution in [1.82, 2.24) is 10.2 Å². The van der Waals surface area contributed by atoms with Crippen molar-refractivity contribution in [3.63, 3.8) is 0 Å². The molecular weight excluding hydrogens is 208 g/mol. The van der Waals surface area contributed by atoms with Crippen molar-refractivity contribution in [2.75, 3.05) is 20.1 Å². The molecular formula is C15H30N2. The number of hydrogen-bond acceptors (Lipinski definition) is 2. The first-order valence-electron chi connectivity index (χ1n) is 7.46. The first kappa shape index (κ1) is 13.4. The van der Waals surface area contributed by atoms with E-state index in [9.17, 15) is 0 Å². The van der Waals surface area contributed by atoms with Crippen molar-refractivity contribution in [3.8, 4) is 0 Å². The summed E-state index contributed by atoms with van der Waals surface area (Å²) in [4.78, 5) is 2.79. The number of fused-ring (bicyclic) bond motifs is 1. The van der Waals surface area contributed by atoms with E-state index < -0.39 is 0 Å². The van der Waals surface area contributed by atoms with Crippen molar-refractivity contribution in [2.24, 2.45) is 11.3 Å². The van der Waals surface area contributed by atoms with Crippen LogP contribution >= 0.6 is 0 Å². The molecule has 2 aliphatic rings. The Morgan fingerprint density at radius 1 is 1.24 bits per heavy atom. The molecule has 1 N–H and O–H groups in total. The highest BCUT2D eigenvalue weighted by Gasteiger charge is 2.38. The van der Waals surface area contributed by atoms with Crippen LogP contribution in [-0.4, -0.2) is 37.1 Å². The average Bonchev–Trinajstić information content (AvgIpc) is 2.71. The van der Waals surface area contributed by atoms with E-state index >= 15 is 0 Å². The van der Waals surface area contributed by atoms with E-state index in [0.29, 0.717) is 11.5 Å². The van der Waals surface area contributed by atoms with Gasteiger partial charge in [0, 0.05) is 18.6 Å². The molecule has 2 fully saturated rings. The topological polar surface area (TPSA) is 15.3 Å². The highest BCUT2D eigenvalue weighted by molar-refractivity contribution is 4.93. The van der Waals surface area contributed by atoms with Gasteiger partial charge >= 0.3 is 0 Å². The normalized spacial score (nSPS) is 32.5. The fraction of sp³-hybridized carbons (Fsp3) is 1.00. The molecule has 100 valence electrons. The Kier molecular flexibility index (Phi) is 4.14. The van der Waals surface area contributed by atoms with Crippen LogP contribution in [0, 0.1) is 11.3 Å². The largest absolute Gasteiger partial charge is 0.317 e. The summed E-state index contributed by atoms with van der Waals surface area (Å²) in [5.74, 6) is 1.02. The zero-order valence-corrected chi connectivity index (χ0v) is 12.1. The van der Waals surface area contributed by atoms with Crippen LogP contribution in [0.5, 0.6) is 0 Å². The Labute approximate surface area is 107 Å². The van der Waals surface area contributed by atoms with Gasteiger partial charge in [-0.2, -0.15) is 0 Å². The second-order valence-corrected chi connectivity index (χ2v) is 6.87. The van der Waals surface area contributed by atoms with E-state index in [2.05, 4.69) is 38.0 Å². The lowest BCUT2D eigenvalue weighted by atomic mass is 9.82. The molecule has 0 radical (unpaired) electrons. The van der Waals surface area contributed by atoms with Gasteiger partial charge in [-0.1, -0.05) is 26.7 Å². The molecule has 3 unspecified atom stereocenters. The molecule has 17 heavy (non-hydrogen) atoms. The fourth-order valence-corrected chi connectivity index (χ4v) is 3.75. The van der Waals surface area contributed by atoms with E-state index in [0.717, 1.165) is 12.0 Å². The van der Waals surface area contributed by atoms with Crippen LogP contribution in [-0.2, 0) is 0 Å². The first-order valence-corrected chi connectivity index (χ1v) is 7.46. The molecule has 0 amide bonds. The summed E-state index contributed by atoms with van der Waals surface area (Å²) in [6, 6.07) is 1.50. The van der Waals surface area contributed by atoms with Crippen LogP contribution < -0.4 is 5.32 Å². The third-order valence-electron chi connectivity index (χ3n) is 5.34. The van der Waals surface area contributed by atoms with Gasteiger partial charge in [-0.05, 0) is 51.1 Å². The number of nitrogens with zero attached hydrogens (tertiary/aromatic N) is 1. The highest BCUT2D eigenvalue weighted by Crippen LogP contribution is 2.38. The van der Waals surface area contributed by atoms with Crippen LogP contribution in [0.4, 0.5) is 0 Å². The lowest BCUT2D eigenvalue weighted by Crippen LogP contribution is -2.48. The van der Waals surface area contributed by atoms with E-state index in [4.69, 9.17) is 0 Å². The summed E-state index contributed by atoms with van der Waals surface area (Å²) >= 11 is 0. The van der Waals surface area contributed by atoms with Crippen LogP contribution in [0.15, 0.2) is 0 Å². The van der Waals surface area contributed by atoms with E-state index in [1.807, 2.05) is 0 Å². The van der Waals surface area contributed by atoms with Crippen LogP contribution in [0.3, 0.4) is 0 Å². The molecule has 0 aromatic heterocycles. The van der Waals surface area contributed by atoms with Gasteiger partial charge < -0.3 is 5.32 Å². The molecule has 2 rings (SSSR count). The molecule has 3 atom stereocenters. The smallest absolute Gasteiger partial charge is 0.0124 e. The maximum absolute atomic E-state index is 3.42. The third-order valence-corrected chi connectivity index (χ3v) is 5.34. The van der Waals surface area contributed by atoms with Gasteiger partial charge in [-0.3, -0.25) is 4.90 Å². The van der Waals surface area contributed by atoms with Crippen molar-refractivity contribution in [3.05, 3.63) is 0 Å². The van der Waals surface area contributed by atoms with E-state index in [1.54, 1.807) is 0 Å². The SMILES string of the molecule is CNC(C)C(C)(C)CN1CCC2CCCCC21. The lowest BCUT2D eigenvalue weighted by Gasteiger charge is -2.39. The summed E-state index contributed by atoms with van der Waals surface area (Å²) in [7, 11) is 2.08. The minimum absolute atomic E-state index is 0.376. The van der Waals surface area contributed by atoms with Gasteiger partial charge in [-0.15, -0.1) is 0 Å². The highest BCUT2D eigenvalue weighted by atomic mass is 15.2. The summed E-state index contributed by atoms with van der Waals surface area (Å²) in [6.45, 7) is 9.73. The number of hydrogen-bond donors (Lipinski definition) is 1. The van der Waals surface area contributed by atoms with Crippen molar-refractivity contribution in [1.29, 1.82) is 0 Å². The molecule has 1 aliphatic carbocycles. The molecule has 1 saturated heterocycles. The zero-order chi connectivity index (χ0) is 12.5. The predicted octanol–water partition coefficient (Wildman–Crippen LogP) is 2.89. The van der Waals surface area contributed by atoms with Crippen molar-refractivity contribution >= 4 is 0 Å². The zero-order valence-electron chi connectivity index (χ0n) is 12.1. The summed E-state index contributed by atoms with van der Waals surface area (Å²) in [5.41, 5.74) is 0.376. The number of rotatable bonds is 4. The van der Waals surface area contributed by atoms with Crippen LogP contribution in [0.2, 0.25) is 0 Å². The third kappa shape index (κ3) is 2.85. The van der Waals surface area contributed by atoms with Crippen LogP contribution in [0.25, 0.3) is 0 Å². The van der Waals surface area contributed by atoms with E-state index in [-0.39, 0.29) is 0 Å². The van der Waals surface area contributed by atoms with Crippen molar-refractivity contribution in [2.45, 2.75) is 65.0 Å². The Hall–Kier alpha value is -0.0800. The molecule has 1 aliphatic heterocycles. The van der Waals surface area contributed by atoms with E-state index in [1.165, 1.54) is 45.2 Å². The fourth-order valence-electron chi connectivity index (χ4n) is 3.75. The van der Waals surface area contributed by atoms with Crippen molar-refractivity contribution < 1.29 is 0 Å². The van der Waals surface area contributed by atoms with Gasteiger partial charge in [0.25, 0.3) is 0 Å². The minimum atomic E-state index is 0.376. The molecule has 0 aromatic carbocycles. The van der Waals surface area contributed by atoms with Gasteiger partial charge in [0.15, 0.2) is 0 Å². The minimum Gasteiger partial charge on any atom is -0.317 e. The summed E-state index contributed by atoms with van der Waals surface area (Å²) in [5, 5.41) is 3.42. The maximum atomic E-state index is 3.42. The van der Waals surface area contributed by atoms with Gasteiger partial charge in [0.1, 0.15) is 0 Å². The van der Waals surface area contributed by atoms with Gasteiger partial charge in [0.05, 0.1) is 0 Å². The van der Waals surface area contributed by atoms with Gasteiger partial charge in [0.2, 0.25) is 0 Å². The van der Waals surface area contributed by atoms with Crippen LogP contribution in [0.1, 0.15) is 52.9 Å². The quantitative estimate of drug-likeness (QED) is 0.810.